The third-order valence-corrected chi connectivity index (χ3v) is 5.98. The standard InChI is InChI=1S/C17H15ClN2O4S/c1-10-7-11(2)16(13(18)8-10)19-15(21)9-20-17(22)12-5-3-4-6-14(12)25(20,23)24/h3-8H,9H2,1-2H3,(H,19,21). The molecule has 6 nitrogen and oxygen atoms in total. The highest BCUT2D eigenvalue weighted by Crippen LogP contribution is 2.30. The fourth-order valence-corrected chi connectivity index (χ4v) is 4.66. The minimum atomic E-state index is -4.02. The van der Waals surface area contributed by atoms with E-state index in [1.54, 1.807) is 19.1 Å². The van der Waals surface area contributed by atoms with Crippen molar-refractivity contribution in [1.82, 2.24) is 4.31 Å². The number of hydrogen-bond donors (Lipinski definition) is 1. The highest BCUT2D eigenvalue weighted by atomic mass is 35.5. The van der Waals surface area contributed by atoms with Crippen molar-refractivity contribution in [1.29, 1.82) is 0 Å². The lowest BCUT2D eigenvalue weighted by Crippen LogP contribution is -2.37. The topological polar surface area (TPSA) is 83.6 Å². The van der Waals surface area contributed by atoms with Crippen molar-refractivity contribution in [2.24, 2.45) is 0 Å². The second-order valence-corrected chi connectivity index (χ2v) is 8.04. The molecule has 130 valence electrons. The van der Waals surface area contributed by atoms with Crippen LogP contribution >= 0.6 is 11.6 Å². The van der Waals surface area contributed by atoms with Gasteiger partial charge >= 0.3 is 0 Å². The van der Waals surface area contributed by atoms with Crippen molar-refractivity contribution in [3.8, 4) is 0 Å². The van der Waals surface area contributed by atoms with E-state index in [4.69, 9.17) is 11.6 Å². The Morgan fingerprint density at radius 1 is 1.20 bits per heavy atom. The van der Waals surface area contributed by atoms with Gasteiger partial charge in [-0.15, -0.1) is 0 Å². The summed E-state index contributed by atoms with van der Waals surface area (Å²) in [6.07, 6.45) is 0. The summed E-state index contributed by atoms with van der Waals surface area (Å²) >= 11 is 6.14. The first kappa shape index (κ1) is 17.4. The number of amides is 2. The Balaban J connectivity index is 1.85. The fourth-order valence-electron chi connectivity index (χ4n) is 2.77. The quantitative estimate of drug-likeness (QED) is 0.890. The molecule has 3 rings (SSSR count). The maximum absolute atomic E-state index is 12.5. The number of halogens is 1. The molecule has 0 radical (unpaired) electrons. The van der Waals surface area contributed by atoms with Crippen LogP contribution in [0, 0.1) is 13.8 Å². The molecule has 0 aromatic heterocycles. The number of sulfonamides is 1. The molecule has 2 aromatic rings. The zero-order valence-corrected chi connectivity index (χ0v) is 15.1. The molecule has 0 spiro atoms. The smallest absolute Gasteiger partial charge is 0.269 e. The molecule has 0 bridgehead atoms. The number of hydrogen-bond acceptors (Lipinski definition) is 4. The first-order valence-corrected chi connectivity index (χ1v) is 9.26. The Morgan fingerprint density at radius 2 is 1.88 bits per heavy atom. The van der Waals surface area contributed by atoms with Crippen molar-refractivity contribution in [2.75, 3.05) is 11.9 Å². The Hall–Kier alpha value is -2.38. The molecule has 2 amide bonds. The van der Waals surface area contributed by atoms with Gasteiger partial charge in [0.1, 0.15) is 11.4 Å². The summed E-state index contributed by atoms with van der Waals surface area (Å²) in [5, 5.41) is 2.94. The molecule has 25 heavy (non-hydrogen) atoms. The van der Waals surface area contributed by atoms with E-state index in [-0.39, 0.29) is 10.5 Å². The lowest BCUT2D eigenvalue weighted by molar-refractivity contribution is -0.116. The molecule has 0 saturated heterocycles. The van der Waals surface area contributed by atoms with Gasteiger partial charge in [0.25, 0.3) is 15.9 Å². The summed E-state index contributed by atoms with van der Waals surface area (Å²) in [5.41, 5.74) is 2.16. The normalized spacial score (nSPS) is 15.2. The fraction of sp³-hybridized carbons (Fsp3) is 0.176. The zero-order chi connectivity index (χ0) is 18.4. The van der Waals surface area contributed by atoms with E-state index in [0.717, 1.165) is 11.1 Å². The van der Waals surface area contributed by atoms with Gasteiger partial charge in [-0.05, 0) is 43.2 Å². The number of anilines is 1. The number of carbonyl (C=O) groups excluding carboxylic acids is 2. The van der Waals surface area contributed by atoms with Crippen LogP contribution in [-0.4, -0.2) is 31.1 Å². The van der Waals surface area contributed by atoms with Crippen LogP contribution in [0.15, 0.2) is 41.3 Å². The van der Waals surface area contributed by atoms with E-state index < -0.39 is 28.4 Å². The first-order valence-electron chi connectivity index (χ1n) is 7.44. The number of fused-ring (bicyclic) bond motifs is 1. The summed E-state index contributed by atoms with van der Waals surface area (Å²) in [6, 6.07) is 9.41. The number of rotatable bonds is 3. The second kappa shape index (κ2) is 6.16. The van der Waals surface area contributed by atoms with Gasteiger partial charge in [-0.1, -0.05) is 29.8 Å². The minimum Gasteiger partial charge on any atom is -0.323 e. The highest BCUT2D eigenvalue weighted by Gasteiger charge is 2.41. The van der Waals surface area contributed by atoms with Crippen LogP contribution in [0.5, 0.6) is 0 Å². The average molecular weight is 379 g/mol. The van der Waals surface area contributed by atoms with Crippen molar-refractivity contribution < 1.29 is 18.0 Å². The van der Waals surface area contributed by atoms with Crippen LogP contribution in [0.4, 0.5) is 5.69 Å². The first-order chi connectivity index (χ1) is 11.7. The molecular formula is C17H15ClN2O4S. The van der Waals surface area contributed by atoms with Gasteiger partial charge in [-0.2, -0.15) is 0 Å². The van der Waals surface area contributed by atoms with Crippen molar-refractivity contribution in [3.63, 3.8) is 0 Å². The van der Waals surface area contributed by atoms with Crippen LogP contribution in [0.2, 0.25) is 5.02 Å². The van der Waals surface area contributed by atoms with Gasteiger partial charge in [0, 0.05) is 0 Å². The molecule has 0 saturated carbocycles. The third kappa shape index (κ3) is 3.01. The van der Waals surface area contributed by atoms with E-state index in [1.165, 1.54) is 18.2 Å². The van der Waals surface area contributed by atoms with E-state index in [0.29, 0.717) is 15.0 Å². The lowest BCUT2D eigenvalue weighted by Gasteiger charge is -2.16. The molecule has 0 fully saturated rings. The minimum absolute atomic E-state index is 0.0693. The van der Waals surface area contributed by atoms with Crippen LogP contribution in [0.1, 0.15) is 21.5 Å². The summed E-state index contributed by atoms with van der Waals surface area (Å²) in [7, 11) is -4.02. The predicted octanol–water partition coefficient (Wildman–Crippen LogP) is 2.74. The maximum Gasteiger partial charge on any atom is 0.269 e. The Bertz CT molecular complexity index is 978. The second-order valence-electron chi connectivity index (χ2n) is 5.80. The largest absolute Gasteiger partial charge is 0.323 e. The van der Waals surface area contributed by atoms with Gasteiger partial charge in [0.2, 0.25) is 5.91 Å². The van der Waals surface area contributed by atoms with Crippen LogP contribution in [-0.2, 0) is 14.8 Å². The Labute approximate surface area is 150 Å². The van der Waals surface area contributed by atoms with E-state index >= 15 is 0 Å². The molecule has 1 aliphatic heterocycles. The van der Waals surface area contributed by atoms with E-state index in [2.05, 4.69) is 5.32 Å². The molecule has 0 aliphatic carbocycles. The van der Waals surface area contributed by atoms with Gasteiger partial charge < -0.3 is 5.32 Å². The van der Waals surface area contributed by atoms with Crippen molar-refractivity contribution in [2.45, 2.75) is 18.7 Å². The van der Waals surface area contributed by atoms with Crippen molar-refractivity contribution >= 4 is 39.1 Å². The summed E-state index contributed by atoms with van der Waals surface area (Å²) in [4.78, 5) is 24.5. The lowest BCUT2D eigenvalue weighted by atomic mass is 10.1. The van der Waals surface area contributed by atoms with Crippen LogP contribution in [0.25, 0.3) is 0 Å². The molecular weight excluding hydrogens is 364 g/mol. The SMILES string of the molecule is Cc1cc(C)c(NC(=O)CN2C(=O)c3ccccc3S2(=O)=O)c(Cl)c1. The maximum atomic E-state index is 12.5. The number of aryl methyl sites for hydroxylation is 2. The van der Waals surface area contributed by atoms with E-state index in [1.807, 2.05) is 13.0 Å². The number of carbonyl (C=O) groups is 2. The highest BCUT2D eigenvalue weighted by molar-refractivity contribution is 7.90. The molecule has 0 unspecified atom stereocenters. The molecule has 8 heteroatoms. The molecule has 1 N–H and O–H groups in total. The van der Waals surface area contributed by atoms with Gasteiger partial charge in [0.05, 0.1) is 16.3 Å². The van der Waals surface area contributed by atoms with Gasteiger partial charge in [0.15, 0.2) is 0 Å². The Kier molecular flexibility index (Phi) is 4.30. The van der Waals surface area contributed by atoms with Gasteiger partial charge in [-0.3, -0.25) is 9.59 Å². The Morgan fingerprint density at radius 3 is 2.52 bits per heavy atom. The number of nitrogens with zero attached hydrogens (tertiary/aromatic N) is 1. The predicted molar refractivity (Wildman–Crippen MR) is 94.2 cm³/mol. The molecule has 1 aliphatic rings. The third-order valence-electron chi connectivity index (χ3n) is 3.90. The van der Waals surface area contributed by atoms with Gasteiger partial charge in [-0.25, -0.2) is 12.7 Å². The summed E-state index contributed by atoms with van der Waals surface area (Å²) in [5.74, 6) is -1.35. The van der Waals surface area contributed by atoms with Crippen LogP contribution < -0.4 is 5.32 Å². The zero-order valence-electron chi connectivity index (χ0n) is 13.5. The number of benzene rings is 2. The van der Waals surface area contributed by atoms with Crippen LogP contribution in [0.3, 0.4) is 0 Å². The summed E-state index contributed by atoms with van der Waals surface area (Å²) in [6.45, 7) is 3.04. The molecule has 2 aromatic carbocycles. The molecule has 1 heterocycles. The molecule has 0 atom stereocenters. The summed E-state index contributed by atoms with van der Waals surface area (Å²) < 4.78 is 25.5. The number of nitrogens with one attached hydrogen (secondary N) is 1. The van der Waals surface area contributed by atoms with E-state index in [9.17, 15) is 18.0 Å². The monoisotopic (exact) mass is 378 g/mol. The average Bonchev–Trinajstić information content (AvgIpc) is 2.72. The van der Waals surface area contributed by atoms with Crippen molar-refractivity contribution in [3.05, 3.63) is 58.1 Å².